The van der Waals surface area contributed by atoms with Gasteiger partial charge in [0, 0.05) is 31.2 Å². The molecule has 2 N–H and O–H groups in total. The highest BCUT2D eigenvalue weighted by Gasteiger charge is 2.44. The van der Waals surface area contributed by atoms with Crippen LogP contribution >= 0.6 is 0 Å². The van der Waals surface area contributed by atoms with Crippen LogP contribution in [0.2, 0.25) is 0 Å². The van der Waals surface area contributed by atoms with Crippen LogP contribution in [0.15, 0.2) is 54.6 Å². The molecule has 8 nitrogen and oxygen atoms in total. The third-order valence-electron chi connectivity index (χ3n) is 9.63. The van der Waals surface area contributed by atoms with Crippen LogP contribution in [0.4, 0.5) is 4.79 Å². The van der Waals surface area contributed by atoms with Crippen LogP contribution in [-0.2, 0) is 10.2 Å². The predicted molar refractivity (Wildman–Crippen MR) is 151 cm³/mol. The predicted octanol–water partition coefficient (Wildman–Crippen LogP) is 4.73. The number of urea groups is 1. The molecule has 2 amide bonds. The number of piperidine rings is 2. The van der Waals surface area contributed by atoms with Gasteiger partial charge in [0.25, 0.3) is 0 Å². The lowest BCUT2D eigenvalue weighted by atomic mass is 9.70. The number of imidazole rings is 1. The van der Waals surface area contributed by atoms with Crippen molar-refractivity contribution in [2.45, 2.75) is 75.4 Å². The van der Waals surface area contributed by atoms with E-state index in [4.69, 9.17) is 10.1 Å². The molecule has 8 heteroatoms. The lowest BCUT2D eigenvalue weighted by molar-refractivity contribution is -0.135. The summed E-state index contributed by atoms with van der Waals surface area (Å²) in [5, 5.41) is 11.4. The number of benzene rings is 2. The standard InChI is InChI=1S/C31H39N5O3/c1-22-33-27-9-5-6-10-28(27)36(22)26-19-24-11-12-25(20-26)35(24)18-15-31(23-7-3-2-4-8-23)13-16-34(17-14-31)30(39)32-21-29(37)38/h2-10,24-26H,11-21H2,1H3,(H,32,39)(H,37,38). The Hall–Kier alpha value is -3.39. The fraction of sp³-hybridized carbons (Fsp3) is 0.516. The Morgan fingerprint density at radius 3 is 2.33 bits per heavy atom. The van der Waals surface area contributed by atoms with Gasteiger partial charge in [0.1, 0.15) is 12.4 Å². The molecule has 3 aliphatic rings. The number of aromatic nitrogens is 2. The molecule has 4 heterocycles. The average molecular weight is 530 g/mol. The second-order valence-electron chi connectivity index (χ2n) is 11.7. The van der Waals surface area contributed by atoms with Gasteiger partial charge in [-0.1, -0.05) is 42.5 Å². The number of rotatable bonds is 7. The molecule has 3 aromatic rings. The van der Waals surface area contributed by atoms with Crippen LogP contribution in [0.1, 0.15) is 62.4 Å². The van der Waals surface area contributed by atoms with Gasteiger partial charge in [-0.3, -0.25) is 9.69 Å². The first kappa shape index (κ1) is 25.9. The van der Waals surface area contributed by atoms with E-state index in [-0.39, 0.29) is 18.0 Å². The van der Waals surface area contributed by atoms with Gasteiger partial charge in [-0.25, -0.2) is 9.78 Å². The Morgan fingerprint density at radius 1 is 0.974 bits per heavy atom. The van der Waals surface area contributed by atoms with Gasteiger partial charge in [0.05, 0.1) is 11.0 Å². The fourth-order valence-electron chi connectivity index (χ4n) is 7.67. The zero-order valence-electron chi connectivity index (χ0n) is 22.8. The van der Waals surface area contributed by atoms with Gasteiger partial charge in [-0.05, 0) is 81.5 Å². The van der Waals surface area contributed by atoms with Crippen molar-refractivity contribution in [2.24, 2.45) is 0 Å². The first-order chi connectivity index (χ1) is 18.9. The maximum Gasteiger partial charge on any atom is 0.323 e. The Labute approximate surface area is 230 Å². The molecule has 0 saturated carbocycles. The van der Waals surface area contributed by atoms with Crippen LogP contribution in [-0.4, -0.2) is 74.7 Å². The molecule has 6 rings (SSSR count). The zero-order chi connectivity index (χ0) is 27.0. The molecule has 2 bridgehead atoms. The number of nitrogens with one attached hydrogen (secondary N) is 1. The molecule has 1 aromatic heterocycles. The van der Waals surface area contributed by atoms with Crippen molar-refractivity contribution in [3.05, 3.63) is 66.0 Å². The van der Waals surface area contributed by atoms with Crippen molar-refractivity contribution in [3.8, 4) is 0 Å². The van der Waals surface area contributed by atoms with Crippen LogP contribution in [0, 0.1) is 6.92 Å². The quantitative estimate of drug-likeness (QED) is 0.462. The van der Waals surface area contributed by atoms with Crippen molar-refractivity contribution in [3.63, 3.8) is 0 Å². The SMILES string of the molecule is Cc1nc2ccccc2n1C1CC2CCC(C1)N2CCC1(c2ccccc2)CCN(C(=O)NCC(=O)O)CC1. The van der Waals surface area contributed by atoms with Crippen molar-refractivity contribution in [1.82, 2.24) is 24.7 Å². The second-order valence-corrected chi connectivity index (χ2v) is 11.7. The zero-order valence-corrected chi connectivity index (χ0v) is 22.8. The van der Waals surface area contributed by atoms with Crippen LogP contribution in [0.5, 0.6) is 0 Å². The molecule has 2 aromatic carbocycles. The molecule has 0 aliphatic carbocycles. The van der Waals surface area contributed by atoms with Crippen molar-refractivity contribution >= 4 is 23.0 Å². The number of fused-ring (bicyclic) bond motifs is 3. The number of carboxylic acid groups (broad SMARTS) is 1. The number of hydrogen-bond donors (Lipinski definition) is 2. The van der Waals surface area contributed by atoms with Crippen LogP contribution in [0.3, 0.4) is 0 Å². The van der Waals surface area contributed by atoms with Crippen LogP contribution < -0.4 is 5.32 Å². The normalized spacial score (nSPS) is 24.6. The third kappa shape index (κ3) is 5.02. The number of likely N-dealkylation sites (tertiary alicyclic amines) is 1. The maximum atomic E-state index is 12.5. The number of carbonyl (C=O) groups excluding carboxylic acids is 1. The van der Waals surface area contributed by atoms with E-state index in [0.29, 0.717) is 31.2 Å². The minimum Gasteiger partial charge on any atom is -0.480 e. The minimum atomic E-state index is -1.02. The third-order valence-corrected chi connectivity index (χ3v) is 9.63. The summed E-state index contributed by atoms with van der Waals surface area (Å²) in [6, 6.07) is 20.7. The van der Waals surface area contributed by atoms with E-state index >= 15 is 0 Å². The summed E-state index contributed by atoms with van der Waals surface area (Å²) >= 11 is 0. The largest absolute Gasteiger partial charge is 0.480 e. The van der Waals surface area contributed by atoms with E-state index < -0.39 is 5.97 Å². The van der Waals surface area contributed by atoms with E-state index in [1.807, 2.05) is 0 Å². The molecule has 0 spiro atoms. The summed E-state index contributed by atoms with van der Waals surface area (Å²) in [5.41, 5.74) is 3.74. The van der Waals surface area contributed by atoms with Crippen molar-refractivity contribution in [1.29, 1.82) is 0 Å². The summed E-state index contributed by atoms with van der Waals surface area (Å²) < 4.78 is 2.49. The van der Waals surface area contributed by atoms with E-state index in [1.165, 1.54) is 36.8 Å². The van der Waals surface area contributed by atoms with Crippen molar-refractivity contribution in [2.75, 3.05) is 26.2 Å². The van der Waals surface area contributed by atoms with Gasteiger partial charge in [0.2, 0.25) is 0 Å². The number of carbonyl (C=O) groups is 2. The molecule has 3 saturated heterocycles. The van der Waals surface area contributed by atoms with E-state index in [9.17, 15) is 9.59 Å². The molecular formula is C31H39N5O3. The summed E-state index contributed by atoms with van der Waals surface area (Å²) in [5.74, 6) is 0.102. The van der Waals surface area contributed by atoms with Gasteiger partial charge in [0.15, 0.2) is 0 Å². The number of amides is 2. The first-order valence-corrected chi connectivity index (χ1v) is 14.4. The van der Waals surface area contributed by atoms with Crippen molar-refractivity contribution < 1.29 is 14.7 Å². The molecule has 2 atom stereocenters. The highest BCUT2D eigenvalue weighted by Crippen LogP contribution is 2.45. The molecule has 3 aliphatic heterocycles. The number of para-hydroxylation sites is 2. The van der Waals surface area contributed by atoms with Gasteiger partial charge >= 0.3 is 12.0 Å². The monoisotopic (exact) mass is 529 g/mol. The van der Waals surface area contributed by atoms with Gasteiger partial charge in [-0.15, -0.1) is 0 Å². The molecule has 2 unspecified atom stereocenters. The molecule has 3 fully saturated rings. The number of aliphatic carboxylic acids is 1. The fourth-order valence-corrected chi connectivity index (χ4v) is 7.67. The smallest absolute Gasteiger partial charge is 0.323 e. The Bertz CT molecular complexity index is 1320. The molecule has 206 valence electrons. The topological polar surface area (TPSA) is 90.7 Å². The second kappa shape index (κ2) is 10.6. The number of hydrogen-bond acceptors (Lipinski definition) is 4. The maximum absolute atomic E-state index is 12.5. The minimum absolute atomic E-state index is 0.0261. The van der Waals surface area contributed by atoms with Gasteiger partial charge < -0.3 is 19.9 Å². The first-order valence-electron chi connectivity index (χ1n) is 14.4. The summed E-state index contributed by atoms with van der Waals surface area (Å²) in [6.07, 6.45) is 7.74. The number of nitrogens with zero attached hydrogens (tertiary/aromatic N) is 4. The Morgan fingerprint density at radius 2 is 1.64 bits per heavy atom. The summed E-state index contributed by atoms with van der Waals surface area (Å²) in [6.45, 7) is 4.16. The highest BCUT2D eigenvalue weighted by molar-refractivity contribution is 5.80. The summed E-state index contributed by atoms with van der Waals surface area (Å²) in [7, 11) is 0. The lowest BCUT2D eigenvalue weighted by Gasteiger charge is -2.45. The van der Waals surface area contributed by atoms with Crippen LogP contribution in [0.25, 0.3) is 11.0 Å². The number of aryl methyl sites for hydroxylation is 1. The van der Waals surface area contributed by atoms with E-state index in [1.54, 1.807) is 4.90 Å². The molecular weight excluding hydrogens is 490 g/mol. The lowest BCUT2D eigenvalue weighted by Crippen LogP contribution is -2.51. The molecule has 39 heavy (non-hydrogen) atoms. The highest BCUT2D eigenvalue weighted by atomic mass is 16.4. The van der Waals surface area contributed by atoms with E-state index in [2.05, 4.69) is 76.3 Å². The summed E-state index contributed by atoms with van der Waals surface area (Å²) in [4.78, 5) is 32.8. The Kier molecular flexibility index (Phi) is 7.06. The Balaban J connectivity index is 1.15. The van der Waals surface area contributed by atoms with E-state index in [0.717, 1.165) is 37.1 Å². The van der Waals surface area contributed by atoms with Gasteiger partial charge in [-0.2, -0.15) is 0 Å². The molecule has 0 radical (unpaired) electrons. The number of carboxylic acids is 1. The average Bonchev–Trinajstić information content (AvgIpc) is 3.41.